The standard InChI is InChI=1S/C13H20N2O2/c1-13(2,8-14)9-15-12(16)10-5-4-6-11(7-10)17-3/h4-7H,8-9,14H2,1-3H3,(H,15,16). The fourth-order valence-corrected chi connectivity index (χ4v) is 1.26. The third-order valence-corrected chi connectivity index (χ3v) is 2.61. The Morgan fingerprint density at radius 3 is 2.76 bits per heavy atom. The quantitative estimate of drug-likeness (QED) is 0.812. The van der Waals surface area contributed by atoms with Crippen LogP contribution in [0.15, 0.2) is 24.3 Å². The van der Waals surface area contributed by atoms with E-state index in [1.165, 1.54) is 0 Å². The second kappa shape index (κ2) is 5.68. The largest absolute Gasteiger partial charge is 0.497 e. The number of nitrogens with one attached hydrogen (secondary N) is 1. The maximum absolute atomic E-state index is 11.9. The average Bonchev–Trinajstić information content (AvgIpc) is 2.36. The summed E-state index contributed by atoms with van der Waals surface area (Å²) < 4.78 is 5.07. The van der Waals surface area contributed by atoms with Crippen LogP contribution in [-0.4, -0.2) is 26.1 Å². The van der Waals surface area contributed by atoms with E-state index >= 15 is 0 Å². The molecule has 3 N–H and O–H groups in total. The number of benzene rings is 1. The van der Waals surface area contributed by atoms with Crippen molar-refractivity contribution in [2.24, 2.45) is 11.1 Å². The molecule has 0 heterocycles. The van der Waals surface area contributed by atoms with Gasteiger partial charge in [-0.25, -0.2) is 0 Å². The van der Waals surface area contributed by atoms with Crippen LogP contribution in [0.3, 0.4) is 0 Å². The van der Waals surface area contributed by atoms with Crippen molar-refractivity contribution < 1.29 is 9.53 Å². The third-order valence-electron chi connectivity index (χ3n) is 2.61. The number of ether oxygens (including phenoxy) is 1. The molecule has 0 fully saturated rings. The summed E-state index contributed by atoms with van der Waals surface area (Å²) >= 11 is 0. The molecule has 4 nitrogen and oxygen atoms in total. The number of nitrogens with two attached hydrogens (primary N) is 1. The molecule has 0 aliphatic carbocycles. The summed E-state index contributed by atoms with van der Waals surface area (Å²) in [6.45, 7) is 5.11. The fourth-order valence-electron chi connectivity index (χ4n) is 1.26. The summed E-state index contributed by atoms with van der Waals surface area (Å²) in [4.78, 5) is 11.9. The van der Waals surface area contributed by atoms with Crippen LogP contribution in [0.2, 0.25) is 0 Å². The van der Waals surface area contributed by atoms with Crippen molar-refractivity contribution in [3.8, 4) is 5.75 Å². The third kappa shape index (κ3) is 4.07. The van der Waals surface area contributed by atoms with Gasteiger partial charge in [-0.3, -0.25) is 4.79 Å². The maximum atomic E-state index is 11.9. The molecule has 17 heavy (non-hydrogen) atoms. The van der Waals surface area contributed by atoms with Crippen molar-refractivity contribution in [1.29, 1.82) is 0 Å². The highest BCUT2D eigenvalue weighted by Gasteiger charge is 2.17. The molecule has 4 heteroatoms. The molecule has 0 spiro atoms. The Morgan fingerprint density at radius 1 is 1.47 bits per heavy atom. The van der Waals surface area contributed by atoms with Gasteiger partial charge in [0.2, 0.25) is 0 Å². The van der Waals surface area contributed by atoms with Gasteiger partial charge in [0.05, 0.1) is 7.11 Å². The number of amides is 1. The fraction of sp³-hybridized carbons (Fsp3) is 0.462. The molecule has 0 unspecified atom stereocenters. The topological polar surface area (TPSA) is 64.3 Å². The van der Waals surface area contributed by atoms with Crippen LogP contribution in [-0.2, 0) is 0 Å². The molecule has 0 aromatic heterocycles. The minimum atomic E-state index is -0.106. The highest BCUT2D eigenvalue weighted by molar-refractivity contribution is 5.94. The second-order valence-electron chi connectivity index (χ2n) is 4.78. The van der Waals surface area contributed by atoms with Crippen molar-refractivity contribution in [2.45, 2.75) is 13.8 Å². The number of methoxy groups -OCH3 is 1. The maximum Gasteiger partial charge on any atom is 0.251 e. The number of carbonyl (C=O) groups is 1. The Hall–Kier alpha value is -1.55. The molecule has 1 amide bonds. The molecule has 0 bridgehead atoms. The number of hydrogen-bond donors (Lipinski definition) is 2. The molecule has 0 saturated carbocycles. The van der Waals surface area contributed by atoms with Gasteiger partial charge in [-0.15, -0.1) is 0 Å². The summed E-state index contributed by atoms with van der Waals surface area (Å²) in [6.07, 6.45) is 0. The van der Waals surface area contributed by atoms with Crippen molar-refractivity contribution in [1.82, 2.24) is 5.32 Å². The smallest absolute Gasteiger partial charge is 0.251 e. The van der Waals surface area contributed by atoms with Gasteiger partial charge in [0.25, 0.3) is 5.91 Å². The van der Waals surface area contributed by atoms with Crippen LogP contribution in [0.5, 0.6) is 5.75 Å². The zero-order valence-electron chi connectivity index (χ0n) is 10.6. The van der Waals surface area contributed by atoms with E-state index in [0.29, 0.717) is 24.4 Å². The molecule has 0 aliphatic heterocycles. The van der Waals surface area contributed by atoms with E-state index in [9.17, 15) is 4.79 Å². The van der Waals surface area contributed by atoms with Crippen LogP contribution < -0.4 is 15.8 Å². The van der Waals surface area contributed by atoms with Crippen LogP contribution in [0, 0.1) is 5.41 Å². The lowest BCUT2D eigenvalue weighted by Gasteiger charge is -2.22. The normalized spacial score (nSPS) is 11.1. The van der Waals surface area contributed by atoms with Gasteiger partial charge < -0.3 is 15.8 Å². The minimum Gasteiger partial charge on any atom is -0.497 e. The Bertz CT molecular complexity index is 389. The molecule has 0 radical (unpaired) electrons. The Kier molecular flexibility index (Phi) is 4.52. The molecular weight excluding hydrogens is 216 g/mol. The predicted octanol–water partition coefficient (Wildman–Crippen LogP) is 1.41. The van der Waals surface area contributed by atoms with E-state index in [2.05, 4.69) is 5.32 Å². The van der Waals surface area contributed by atoms with Gasteiger partial charge in [-0.2, -0.15) is 0 Å². The van der Waals surface area contributed by atoms with Crippen molar-refractivity contribution in [2.75, 3.05) is 20.2 Å². The van der Waals surface area contributed by atoms with Gasteiger partial charge in [-0.1, -0.05) is 19.9 Å². The zero-order valence-corrected chi connectivity index (χ0v) is 10.6. The molecule has 94 valence electrons. The molecular formula is C13H20N2O2. The second-order valence-corrected chi connectivity index (χ2v) is 4.78. The van der Waals surface area contributed by atoms with Gasteiger partial charge in [0.15, 0.2) is 0 Å². The first-order chi connectivity index (χ1) is 7.98. The Morgan fingerprint density at radius 2 is 2.18 bits per heavy atom. The molecule has 1 aromatic carbocycles. The minimum absolute atomic E-state index is 0.0888. The lowest BCUT2D eigenvalue weighted by molar-refractivity contribution is 0.0937. The van der Waals surface area contributed by atoms with Gasteiger partial charge in [-0.05, 0) is 30.2 Å². The Labute approximate surface area is 102 Å². The number of hydrogen-bond acceptors (Lipinski definition) is 3. The van der Waals surface area contributed by atoms with Crippen LogP contribution in [0.1, 0.15) is 24.2 Å². The summed E-state index contributed by atoms with van der Waals surface area (Å²) in [6, 6.07) is 7.07. The average molecular weight is 236 g/mol. The monoisotopic (exact) mass is 236 g/mol. The first kappa shape index (κ1) is 13.5. The SMILES string of the molecule is COc1cccc(C(=O)NCC(C)(C)CN)c1. The van der Waals surface area contributed by atoms with Crippen LogP contribution >= 0.6 is 0 Å². The van der Waals surface area contributed by atoms with E-state index in [4.69, 9.17) is 10.5 Å². The highest BCUT2D eigenvalue weighted by Crippen LogP contribution is 2.14. The van der Waals surface area contributed by atoms with E-state index in [1.54, 1.807) is 31.4 Å². The summed E-state index contributed by atoms with van der Waals surface area (Å²) in [7, 11) is 1.58. The lowest BCUT2D eigenvalue weighted by Crippen LogP contribution is -2.38. The van der Waals surface area contributed by atoms with Crippen LogP contribution in [0.25, 0.3) is 0 Å². The van der Waals surface area contributed by atoms with Crippen LogP contribution in [0.4, 0.5) is 0 Å². The van der Waals surface area contributed by atoms with E-state index < -0.39 is 0 Å². The molecule has 0 atom stereocenters. The van der Waals surface area contributed by atoms with Crippen molar-refractivity contribution in [3.05, 3.63) is 29.8 Å². The van der Waals surface area contributed by atoms with Gasteiger partial charge in [0.1, 0.15) is 5.75 Å². The molecule has 1 rings (SSSR count). The number of carbonyl (C=O) groups excluding carboxylic acids is 1. The van der Waals surface area contributed by atoms with Crippen molar-refractivity contribution >= 4 is 5.91 Å². The summed E-state index contributed by atoms with van der Waals surface area (Å²) in [5.74, 6) is 0.571. The predicted molar refractivity (Wildman–Crippen MR) is 68.2 cm³/mol. The van der Waals surface area contributed by atoms with Crippen molar-refractivity contribution in [3.63, 3.8) is 0 Å². The molecule has 0 saturated heterocycles. The van der Waals surface area contributed by atoms with E-state index in [0.717, 1.165) is 0 Å². The molecule has 0 aliphatic rings. The van der Waals surface area contributed by atoms with E-state index in [-0.39, 0.29) is 11.3 Å². The number of rotatable bonds is 5. The Balaban J connectivity index is 2.64. The summed E-state index contributed by atoms with van der Waals surface area (Å²) in [5.41, 5.74) is 6.11. The highest BCUT2D eigenvalue weighted by atomic mass is 16.5. The summed E-state index contributed by atoms with van der Waals surface area (Å²) in [5, 5.41) is 2.87. The van der Waals surface area contributed by atoms with Gasteiger partial charge in [0, 0.05) is 12.1 Å². The first-order valence-corrected chi connectivity index (χ1v) is 5.61. The first-order valence-electron chi connectivity index (χ1n) is 5.61. The van der Waals surface area contributed by atoms with Gasteiger partial charge >= 0.3 is 0 Å². The van der Waals surface area contributed by atoms with E-state index in [1.807, 2.05) is 13.8 Å². The zero-order chi connectivity index (χ0) is 12.9. The molecule has 1 aromatic rings. The lowest BCUT2D eigenvalue weighted by atomic mass is 9.94.